The lowest BCUT2D eigenvalue weighted by atomic mass is 9.89. The zero-order chi connectivity index (χ0) is 23.3. The summed E-state index contributed by atoms with van der Waals surface area (Å²) in [7, 11) is 2.02. The normalized spacial score (nSPS) is 20.7. The van der Waals surface area contributed by atoms with Crippen molar-refractivity contribution in [2.45, 2.75) is 36.7 Å². The van der Waals surface area contributed by atoms with Crippen LogP contribution in [0.1, 0.15) is 24.0 Å². The summed E-state index contributed by atoms with van der Waals surface area (Å²) in [5.74, 6) is 1.33. The SMILES string of the molecule is CNc1ccccc1SN(CC1CN(Cc2ccccc2)CC1Cc1cccc(Br)c1)C1CC1. The van der Waals surface area contributed by atoms with E-state index in [0.717, 1.165) is 19.5 Å². The maximum Gasteiger partial charge on any atom is 0.0489 e. The van der Waals surface area contributed by atoms with E-state index in [9.17, 15) is 0 Å². The quantitative estimate of drug-likeness (QED) is 0.283. The van der Waals surface area contributed by atoms with Crippen LogP contribution in [-0.4, -0.2) is 41.9 Å². The summed E-state index contributed by atoms with van der Waals surface area (Å²) in [5.41, 5.74) is 4.08. The van der Waals surface area contributed by atoms with E-state index in [2.05, 4.69) is 109 Å². The minimum absolute atomic E-state index is 0.664. The summed E-state index contributed by atoms with van der Waals surface area (Å²) < 4.78 is 3.88. The molecule has 0 aromatic heterocycles. The predicted octanol–water partition coefficient (Wildman–Crippen LogP) is 6.95. The Bertz CT molecular complexity index is 1070. The first-order chi connectivity index (χ1) is 16.7. The molecule has 2 unspecified atom stereocenters. The molecule has 1 saturated heterocycles. The van der Waals surface area contributed by atoms with Gasteiger partial charge in [-0.05, 0) is 78.4 Å². The van der Waals surface area contributed by atoms with Gasteiger partial charge in [-0.1, -0.05) is 70.5 Å². The first kappa shape index (κ1) is 23.9. The molecule has 2 fully saturated rings. The van der Waals surface area contributed by atoms with Crippen molar-refractivity contribution in [3.05, 3.63) is 94.5 Å². The van der Waals surface area contributed by atoms with Gasteiger partial charge < -0.3 is 5.32 Å². The number of nitrogens with zero attached hydrogens (tertiary/aromatic N) is 2. The number of benzene rings is 3. The average molecular weight is 537 g/mol. The van der Waals surface area contributed by atoms with E-state index in [1.54, 1.807) is 0 Å². The van der Waals surface area contributed by atoms with E-state index in [-0.39, 0.29) is 0 Å². The molecule has 5 rings (SSSR count). The number of hydrogen-bond donors (Lipinski definition) is 1. The Morgan fingerprint density at radius 3 is 2.41 bits per heavy atom. The Hall–Kier alpha value is -1.79. The summed E-state index contributed by atoms with van der Waals surface area (Å²) in [6, 6.07) is 29.3. The third-order valence-electron chi connectivity index (χ3n) is 7.03. The number of halogens is 1. The van der Waals surface area contributed by atoms with E-state index in [0.29, 0.717) is 17.9 Å². The molecule has 3 aromatic carbocycles. The molecule has 0 spiro atoms. The van der Waals surface area contributed by atoms with Gasteiger partial charge in [0, 0.05) is 54.3 Å². The molecule has 0 amide bonds. The van der Waals surface area contributed by atoms with E-state index < -0.39 is 0 Å². The fourth-order valence-electron chi connectivity index (χ4n) is 5.15. The number of nitrogens with one attached hydrogen (secondary N) is 1. The number of rotatable bonds is 10. The highest BCUT2D eigenvalue weighted by molar-refractivity contribution is 9.10. The highest BCUT2D eigenvalue weighted by Gasteiger charge is 2.38. The van der Waals surface area contributed by atoms with Crippen molar-refractivity contribution >= 4 is 33.6 Å². The second kappa shape index (κ2) is 11.3. The number of likely N-dealkylation sites (tertiary alicyclic amines) is 1. The van der Waals surface area contributed by atoms with Gasteiger partial charge in [-0.2, -0.15) is 0 Å². The van der Waals surface area contributed by atoms with Gasteiger partial charge in [0.1, 0.15) is 0 Å². The van der Waals surface area contributed by atoms with E-state index in [1.165, 1.54) is 52.1 Å². The summed E-state index contributed by atoms with van der Waals surface area (Å²) >= 11 is 5.63. The summed E-state index contributed by atoms with van der Waals surface area (Å²) in [4.78, 5) is 4.01. The minimum Gasteiger partial charge on any atom is -0.387 e. The Morgan fingerprint density at radius 2 is 1.65 bits per heavy atom. The Morgan fingerprint density at radius 1 is 0.912 bits per heavy atom. The van der Waals surface area contributed by atoms with Crippen molar-refractivity contribution < 1.29 is 0 Å². The van der Waals surface area contributed by atoms with Crippen LogP contribution in [0.15, 0.2) is 88.2 Å². The van der Waals surface area contributed by atoms with Crippen LogP contribution in [0.3, 0.4) is 0 Å². The number of para-hydroxylation sites is 1. The third kappa shape index (κ3) is 6.25. The van der Waals surface area contributed by atoms with Crippen LogP contribution in [-0.2, 0) is 13.0 Å². The fraction of sp³-hybridized carbons (Fsp3) is 0.379. The Balaban J connectivity index is 1.33. The fourth-order valence-corrected chi connectivity index (χ4v) is 6.88. The predicted molar refractivity (Wildman–Crippen MR) is 148 cm³/mol. The average Bonchev–Trinajstić information content (AvgIpc) is 3.63. The van der Waals surface area contributed by atoms with Gasteiger partial charge >= 0.3 is 0 Å². The highest BCUT2D eigenvalue weighted by atomic mass is 79.9. The standard InChI is InChI=1S/C29H34BrN3S/c1-31-28-12-5-6-13-29(28)34-33(27-14-15-27)21-25-20-32(18-22-8-3-2-4-9-22)19-24(25)16-23-10-7-11-26(30)17-23/h2-13,17,24-25,27,31H,14-16,18-21H2,1H3. The van der Waals surface area contributed by atoms with Crippen LogP contribution in [0.2, 0.25) is 0 Å². The second-order valence-electron chi connectivity index (χ2n) is 9.70. The molecule has 178 valence electrons. The zero-order valence-electron chi connectivity index (χ0n) is 19.9. The zero-order valence-corrected chi connectivity index (χ0v) is 22.3. The topological polar surface area (TPSA) is 18.5 Å². The van der Waals surface area contributed by atoms with Crippen molar-refractivity contribution in [2.75, 3.05) is 32.0 Å². The van der Waals surface area contributed by atoms with Gasteiger partial charge in [-0.3, -0.25) is 4.90 Å². The molecule has 3 aromatic rings. The first-order valence-electron chi connectivity index (χ1n) is 12.4. The molecule has 2 aliphatic rings. The molecule has 1 aliphatic heterocycles. The van der Waals surface area contributed by atoms with Crippen molar-refractivity contribution in [2.24, 2.45) is 11.8 Å². The molecule has 1 saturated carbocycles. The van der Waals surface area contributed by atoms with Gasteiger partial charge in [0.2, 0.25) is 0 Å². The molecule has 0 radical (unpaired) electrons. The van der Waals surface area contributed by atoms with Gasteiger partial charge in [-0.25, -0.2) is 4.31 Å². The second-order valence-corrected chi connectivity index (χ2v) is 11.7. The third-order valence-corrected chi connectivity index (χ3v) is 8.76. The molecular weight excluding hydrogens is 502 g/mol. The summed E-state index contributed by atoms with van der Waals surface area (Å²) in [6.45, 7) is 4.54. The number of anilines is 1. The smallest absolute Gasteiger partial charge is 0.0489 e. The van der Waals surface area contributed by atoms with Crippen molar-refractivity contribution in [1.29, 1.82) is 0 Å². The molecule has 1 heterocycles. The Kier molecular flexibility index (Phi) is 7.95. The Labute approximate surface area is 217 Å². The lowest BCUT2D eigenvalue weighted by molar-refractivity contribution is 0.297. The van der Waals surface area contributed by atoms with Crippen molar-refractivity contribution in [3.63, 3.8) is 0 Å². The van der Waals surface area contributed by atoms with Crippen LogP contribution in [0, 0.1) is 11.8 Å². The lowest BCUT2D eigenvalue weighted by Gasteiger charge is -2.28. The van der Waals surface area contributed by atoms with E-state index in [4.69, 9.17) is 0 Å². The molecule has 34 heavy (non-hydrogen) atoms. The van der Waals surface area contributed by atoms with Gasteiger partial charge in [-0.15, -0.1) is 0 Å². The molecule has 2 atom stereocenters. The van der Waals surface area contributed by atoms with E-state index in [1.807, 2.05) is 19.0 Å². The minimum atomic E-state index is 0.664. The number of hydrogen-bond acceptors (Lipinski definition) is 4. The highest BCUT2D eigenvalue weighted by Crippen LogP contribution is 2.41. The van der Waals surface area contributed by atoms with Crippen molar-refractivity contribution in [3.8, 4) is 0 Å². The largest absolute Gasteiger partial charge is 0.387 e. The van der Waals surface area contributed by atoms with Crippen LogP contribution in [0.5, 0.6) is 0 Å². The van der Waals surface area contributed by atoms with Gasteiger partial charge in [0.15, 0.2) is 0 Å². The summed E-state index contributed by atoms with van der Waals surface area (Å²) in [6.07, 6.45) is 3.79. The monoisotopic (exact) mass is 535 g/mol. The van der Waals surface area contributed by atoms with Crippen LogP contribution in [0.25, 0.3) is 0 Å². The van der Waals surface area contributed by atoms with Crippen molar-refractivity contribution in [1.82, 2.24) is 9.21 Å². The first-order valence-corrected chi connectivity index (χ1v) is 14.0. The maximum absolute atomic E-state index is 3.67. The van der Waals surface area contributed by atoms with Gasteiger partial charge in [0.25, 0.3) is 0 Å². The molecule has 5 heteroatoms. The van der Waals surface area contributed by atoms with Crippen LogP contribution in [0.4, 0.5) is 5.69 Å². The van der Waals surface area contributed by atoms with Gasteiger partial charge in [0.05, 0.1) is 0 Å². The maximum atomic E-state index is 3.67. The van der Waals surface area contributed by atoms with E-state index >= 15 is 0 Å². The van der Waals surface area contributed by atoms with Crippen LogP contribution >= 0.6 is 27.9 Å². The molecule has 3 nitrogen and oxygen atoms in total. The molecule has 1 aliphatic carbocycles. The van der Waals surface area contributed by atoms with Crippen LogP contribution < -0.4 is 5.32 Å². The molecule has 0 bridgehead atoms. The molecular formula is C29H34BrN3S. The lowest BCUT2D eigenvalue weighted by Crippen LogP contribution is -2.31. The summed E-state index contributed by atoms with van der Waals surface area (Å²) in [5, 5.41) is 3.37. The molecule has 1 N–H and O–H groups in total.